The van der Waals surface area contributed by atoms with Gasteiger partial charge in [0, 0.05) is 20.6 Å². The average molecular weight is 368 g/mol. The summed E-state index contributed by atoms with van der Waals surface area (Å²) in [4.78, 5) is 29.2. The zero-order chi connectivity index (χ0) is 19.7. The van der Waals surface area contributed by atoms with Gasteiger partial charge in [-0.25, -0.2) is 10.2 Å². The monoisotopic (exact) mass is 368 g/mol. The summed E-state index contributed by atoms with van der Waals surface area (Å²) in [6.45, 7) is 6.07. The van der Waals surface area contributed by atoms with Gasteiger partial charge in [-0.15, -0.1) is 0 Å². The van der Waals surface area contributed by atoms with Crippen LogP contribution >= 0.6 is 0 Å². The van der Waals surface area contributed by atoms with E-state index in [-0.39, 0.29) is 11.4 Å². The first-order valence-corrected chi connectivity index (χ1v) is 8.18. The topological polar surface area (TPSA) is 106 Å². The Morgan fingerprint density at radius 3 is 2.56 bits per heavy atom. The van der Waals surface area contributed by atoms with Crippen LogP contribution in [0.4, 0.5) is 5.95 Å². The quantitative estimate of drug-likeness (QED) is 0.399. The first-order valence-electron chi connectivity index (χ1n) is 8.18. The summed E-state index contributed by atoms with van der Waals surface area (Å²) in [5.74, 6) is 0.487. The predicted octanol–water partition coefficient (Wildman–Crippen LogP) is 1.16. The highest BCUT2D eigenvalue weighted by atomic mass is 16.3. The number of aromatic nitrogens is 4. The number of phenols is 1. The molecular weight excluding hydrogens is 348 g/mol. The molecule has 2 N–H and O–H groups in total. The summed E-state index contributed by atoms with van der Waals surface area (Å²) in [6, 6.07) is 6.52. The second kappa shape index (κ2) is 6.94. The largest absolute Gasteiger partial charge is 0.508 e. The average Bonchev–Trinajstić information content (AvgIpc) is 2.98. The van der Waals surface area contributed by atoms with E-state index in [0.717, 1.165) is 15.7 Å². The van der Waals surface area contributed by atoms with Crippen molar-refractivity contribution in [3.05, 3.63) is 62.8 Å². The van der Waals surface area contributed by atoms with E-state index in [0.29, 0.717) is 18.0 Å². The van der Waals surface area contributed by atoms with Crippen LogP contribution in [0.2, 0.25) is 0 Å². The van der Waals surface area contributed by atoms with Crippen molar-refractivity contribution in [2.45, 2.75) is 13.5 Å². The third-order valence-corrected chi connectivity index (χ3v) is 4.05. The Kier molecular flexibility index (Phi) is 4.68. The summed E-state index contributed by atoms with van der Waals surface area (Å²) in [6.07, 6.45) is 1.56. The lowest BCUT2D eigenvalue weighted by atomic mass is 10.2. The van der Waals surface area contributed by atoms with E-state index in [1.165, 1.54) is 11.6 Å². The van der Waals surface area contributed by atoms with Crippen LogP contribution in [0, 0.1) is 0 Å². The molecule has 1 aromatic carbocycles. The van der Waals surface area contributed by atoms with Crippen molar-refractivity contribution in [3.8, 4) is 5.75 Å². The van der Waals surface area contributed by atoms with Crippen LogP contribution in [0.3, 0.4) is 0 Å². The van der Waals surface area contributed by atoms with Gasteiger partial charge in [0.25, 0.3) is 5.56 Å². The lowest BCUT2D eigenvalue weighted by Crippen LogP contribution is -2.37. The van der Waals surface area contributed by atoms with Gasteiger partial charge in [0.05, 0.1) is 6.21 Å². The van der Waals surface area contributed by atoms with E-state index in [4.69, 9.17) is 0 Å². The van der Waals surface area contributed by atoms with E-state index in [9.17, 15) is 14.7 Å². The minimum Gasteiger partial charge on any atom is -0.508 e. The summed E-state index contributed by atoms with van der Waals surface area (Å²) in [5, 5.41) is 13.5. The van der Waals surface area contributed by atoms with Crippen LogP contribution in [0.15, 0.2) is 51.1 Å². The molecule has 0 amide bonds. The molecule has 0 aliphatic heterocycles. The van der Waals surface area contributed by atoms with Gasteiger partial charge in [-0.2, -0.15) is 10.1 Å². The highest BCUT2D eigenvalue weighted by Crippen LogP contribution is 2.17. The van der Waals surface area contributed by atoms with Crippen LogP contribution < -0.4 is 16.7 Å². The zero-order valence-corrected chi connectivity index (χ0v) is 15.3. The number of anilines is 1. The van der Waals surface area contributed by atoms with Gasteiger partial charge in [0.2, 0.25) is 5.95 Å². The summed E-state index contributed by atoms with van der Waals surface area (Å²) in [7, 11) is 2.99. The number of hydrogen-bond acceptors (Lipinski definition) is 6. The number of aryl methyl sites for hydroxylation is 1. The molecule has 2 aromatic heterocycles. The number of fused-ring (bicyclic) bond motifs is 1. The molecule has 9 heteroatoms. The number of benzene rings is 1. The molecule has 9 nitrogen and oxygen atoms in total. The Hall–Kier alpha value is -3.62. The smallest absolute Gasteiger partial charge is 0.332 e. The molecule has 0 bridgehead atoms. The number of allylic oxidation sites excluding steroid dienone is 1. The fraction of sp³-hybridized carbons (Fsp3) is 0.222. The molecule has 0 aliphatic carbocycles. The lowest BCUT2D eigenvalue weighted by Gasteiger charge is -2.08. The fourth-order valence-electron chi connectivity index (χ4n) is 2.68. The summed E-state index contributed by atoms with van der Waals surface area (Å²) in [5.41, 5.74) is 4.08. The van der Waals surface area contributed by atoms with Gasteiger partial charge in [-0.3, -0.25) is 18.5 Å². The van der Waals surface area contributed by atoms with Crippen molar-refractivity contribution in [3.63, 3.8) is 0 Å². The predicted molar refractivity (Wildman–Crippen MR) is 104 cm³/mol. The number of hydrogen-bond donors (Lipinski definition) is 2. The number of aromatic hydroxyl groups is 1. The molecule has 2 heterocycles. The van der Waals surface area contributed by atoms with Crippen molar-refractivity contribution in [1.82, 2.24) is 18.7 Å². The van der Waals surface area contributed by atoms with Crippen molar-refractivity contribution in [1.29, 1.82) is 0 Å². The Morgan fingerprint density at radius 1 is 1.26 bits per heavy atom. The van der Waals surface area contributed by atoms with E-state index >= 15 is 0 Å². The van der Waals surface area contributed by atoms with Crippen LogP contribution in [-0.4, -0.2) is 30.0 Å². The normalized spacial score (nSPS) is 11.4. The molecule has 3 rings (SSSR count). The second-order valence-corrected chi connectivity index (χ2v) is 6.32. The molecule has 0 aliphatic rings. The van der Waals surface area contributed by atoms with Gasteiger partial charge in [-0.1, -0.05) is 12.2 Å². The van der Waals surface area contributed by atoms with Crippen LogP contribution in [-0.2, 0) is 20.6 Å². The number of nitrogens with zero attached hydrogens (tertiary/aromatic N) is 5. The van der Waals surface area contributed by atoms with Gasteiger partial charge in [0.15, 0.2) is 11.2 Å². The van der Waals surface area contributed by atoms with E-state index in [1.54, 1.807) is 42.1 Å². The molecule has 0 radical (unpaired) electrons. The molecule has 3 aromatic rings. The molecule has 0 unspecified atom stereocenters. The molecule has 0 saturated heterocycles. The van der Waals surface area contributed by atoms with Gasteiger partial charge in [0.1, 0.15) is 5.75 Å². The second-order valence-electron chi connectivity index (χ2n) is 6.32. The lowest BCUT2D eigenvalue weighted by molar-refractivity contribution is 0.475. The maximum absolute atomic E-state index is 12.6. The van der Waals surface area contributed by atoms with Crippen molar-refractivity contribution < 1.29 is 5.11 Å². The van der Waals surface area contributed by atoms with E-state index in [2.05, 4.69) is 22.1 Å². The fourth-order valence-corrected chi connectivity index (χ4v) is 2.68. The van der Waals surface area contributed by atoms with Crippen LogP contribution in [0.1, 0.15) is 12.5 Å². The van der Waals surface area contributed by atoms with E-state index < -0.39 is 11.2 Å². The highest BCUT2D eigenvalue weighted by molar-refractivity contribution is 5.80. The highest BCUT2D eigenvalue weighted by Gasteiger charge is 2.18. The van der Waals surface area contributed by atoms with E-state index in [1.807, 2.05) is 6.92 Å². The maximum Gasteiger partial charge on any atom is 0.332 e. The molecule has 0 saturated carbocycles. The first kappa shape index (κ1) is 18.2. The first-order chi connectivity index (χ1) is 12.8. The number of nitrogens with one attached hydrogen (secondary N) is 1. The van der Waals surface area contributed by atoms with Gasteiger partial charge in [-0.05, 0) is 36.8 Å². The van der Waals surface area contributed by atoms with Crippen molar-refractivity contribution in [2.75, 3.05) is 5.43 Å². The Morgan fingerprint density at radius 2 is 1.93 bits per heavy atom. The Balaban J connectivity index is 2.09. The third kappa shape index (κ3) is 3.39. The standard InChI is InChI=1S/C18H20N6O3/c1-11(2)10-24-14-15(22(3)18(27)23(4)16(14)26)20-17(24)21-19-9-12-5-7-13(25)8-6-12/h5-9,25H,1,10H2,2-4H3,(H,20,21)/b19-9-. The van der Waals surface area contributed by atoms with Crippen LogP contribution in [0.25, 0.3) is 11.2 Å². The molecule has 0 fully saturated rings. The number of phenolic OH excluding ortho intramolecular Hbond substituents is 1. The molecule has 140 valence electrons. The number of rotatable bonds is 5. The number of hydrazone groups is 1. The number of imidazole rings is 1. The van der Waals surface area contributed by atoms with Gasteiger partial charge >= 0.3 is 5.69 Å². The van der Waals surface area contributed by atoms with Crippen molar-refractivity contribution >= 4 is 23.3 Å². The minimum atomic E-state index is -0.452. The minimum absolute atomic E-state index is 0.167. The van der Waals surface area contributed by atoms with Crippen molar-refractivity contribution in [2.24, 2.45) is 19.2 Å². The Labute approximate surface area is 154 Å². The van der Waals surface area contributed by atoms with Crippen LogP contribution in [0.5, 0.6) is 5.75 Å². The molecule has 27 heavy (non-hydrogen) atoms. The maximum atomic E-state index is 12.6. The molecule has 0 atom stereocenters. The SMILES string of the molecule is C=C(C)Cn1c(N/N=C\c2ccc(O)cc2)nc2c1c(=O)n(C)c(=O)n2C. The summed E-state index contributed by atoms with van der Waals surface area (Å²) >= 11 is 0. The third-order valence-electron chi connectivity index (χ3n) is 4.05. The van der Waals surface area contributed by atoms with Gasteiger partial charge < -0.3 is 5.11 Å². The molecular formula is C18H20N6O3. The Bertz CT molecular complexity index is 1170. The zero-order valence-electron chi connectivity index (χ0n) is 15.3. The molecule has 0 spiro atoms. The summed E-state index contributed by atoms with van der Waals surface area (Å²) < 4.78 is 4.01.